The van der Waals surface area contributed by atoms with Crippen LogP contribution in [0.15, 0.2) is 0 Å². The number of hydrogen-bond acceptors (Lipinski definition) is 0. The molecule has 0 aliphatic carbocycles. The second kappa shape index (κ2) is 17.9. The molecule has 0 radical (unpaired) electrons. The fourth-order valence-electron chi connectivity index (χ4n) is 0. The second-order valence-corrected chi connectivity index (χ2v) is 0. The van der Waals surface area contributed by atoms with Gasteiger partial charge in [0.15, 0.2) is 0 Å². The van der Waals surface area contributed by atoms with Crippen molar-refractivity contribution >= 4 is 62.6 Å². The van der Waals surface area contributed by atoms with Crippen molar-refractivity contribution in [2.45, 2.75) is 0 Å². The van der Waals surface area contributed by atoms with Crippen LogP contribution in [0.4, 0.5) is 0 Å². The van der Waals surface area contributed by atoms with E-state index in [-0.39, 0.29) is 84.9 Å². The Kier molecular flexibility index (Phi) is 143. The SMILES string of the molecule is Cl.Cl.[Ca+2].[H-].[H-].[Zn]. The molecule has 0 N–H and O–H groups in total. The van der Waals surface area contributed by atoms with E-state index in [9.17, 15) is 0 Å². The Morgan fingerprint density at radius 1 is 1.00 bits per heavy atom. The van der Waals surface area contributed by atoms with E-state index in [0.29, 0.717) is 0 Å². The molecule has 0 atom stereocenters. The Labute approximate surface area is 83.6 Å². The zero-order chi connectivity index (χ0) is 0. The minimum atomic E-state index is 0. The maximum absolute atomic E-state index is 0. The molecule has 0 aliphatic rings. The van der Waals surface area contributed by atoms with Gasteiger partial charge in [0.25, 0.3) is 0 Å². The third kappa shape index (κ3) is 8.82. The quantitative estimate of drug-likeness (QED) is 0.481. The molecule has 4 heavy (non-hydrogen) atoms. The summed E-state index contributed by atoms with van der Waals surface area (Å²) in [6.07, 6.45) is 0. The van der Waals surface area contributed by atoms with Gasteiger partial charge in [-0.1, -0.05) is 0 Å². The second-order valence-electron chi connectivity index (χ2n) is 0. The van der Waals surface area contributed by atoms with E-state index in [1.807, 2.05) is 0 Å². The molecule has 0 aromatic heterocycles. The topological polar surface area (TPSA) is 0 Å². The van der Waals surface area contributed by atoms with Gasteiger partial charge in [0, 0.05) is 19.5 Å². The molecular weight excluding hydrogens is 176 g/mol. The van der Waals surface area contributed by atoms with E-state index in [2.05, 4.69) is 0 Å². The van der Waals surface area contributed by atoms with Crippen LogP contribution in [0.1, 0.15) is 2.85 Å². The van der Waals surface area contributed by atoms with Gasteiger partial charge in [-0.25, -0.2) is 0 Å². The maximum atomic E-state index is 0. The molecule has 0 aliphatic heterocycles. The zero-order valence-corrected chi connectivity index (χ0v) is 9.04. The Balaban J connectivity index is 0. The maximum Gasteiger partial charge on any atom is 2.00 e. The van der Waals surface area contributed by atoms with Crippen LogP contribution in [0.2, 0.25) is 0 Å². The molecule has 0 spiro atoms. The molecule has 0 fully saturated rings. The van der Waals surface area contributed by atoms with E-state index in [4.69, 9.17) is 0 Å². The third-order valence-corrected chi connectivity index (χ3v) is 0. The summed E-state index contributed by atoms with van der Waals surface area (Å²) in [5.41, 5.74) is 0. The fourth-order valence-corrected chi connectivity index (χ4v) is 0. The van der Waals surface area contributed by atoms with Gasteiger partial charge >= 0.3 is 37.7 Å². The van der Waals surface area contributed by atoms with Crippen LogP contribution in [0.25, 0.3) is 0 Å². The van der Waals surface area contributed by atoms with Crippen molar-refractivity contribution in [3.8, 4) is 0 Å². The van der Waals surface area contributed by atoms with E-state index < -0.39 is 0 Å². The molecule has 0 aromatic carbocycles. The van der Waals surface area contributed by atoms with Crippen LogP contribution in [-0.2, 0) is 19.5 Å². The van der Waals surface area contributed by atoms with E-state index in [0.717, 1.165) is 0 Å². The van der Waals surface area contributed by atoms with Crippen LogP contribution in [0.3, 0.4) is 0 Å². The van der Waals surface area contributed by atoms with Crippen molar-refractivity contribution in [1.82, 2.24) is 0 Å². The summed E-state index contributed by atoms with van der Waals surface area (Å²) in [6.45, 7) is 0. The number of halogens is 2. The molecular formula is H4CaCl2Zn. The van der Waals surface area contributed by atoms with E-state index in [1.165, 1.54) is 0 Å². The Hall–Kier alpha value is 2.46. The van der Waals surface area contributed by atoms with Gasteiger partial charge in [0.05, 0.1) is 0 Å². The average molecular weight is 180 g/mol. The molecule has 0 nitrogen and oxygen atoms in total. The Morgan fingerprint density at radius 3 is 1.00 bits per heavy atom. The summed E-state index contributed by atoms with van der Waals surface area (Å²) >= 11 is 0. The minimum absolute atomic E-state index is 0. The summed E-state index contributed by atoms with van der Waals surface area (Å²) < 4.78 is 0. The molecule has 0 saturated carbocycles. The molecule has 0 heterocycles. The van der Waals surface area contributed by atoms with Crippen LogP contribution < -0.4 is 0 Å². The molecule has 0 amide bonds. The van der Waals surface area contributed by atoms with Crippen LogP contribution in [0, 0.1) is 0 Å². The van der Waals surface area contributed by atoms with Crippen LogP contribution >= 0.6 is 24.8 Å². The first-order chi connectivity index (χ1) is 0. The van der Waals surface area contributed by atoms with Gasteiger partial charge in [-0.15, -0.1) is 24.8 Å². The predicted octanol–water partition coefficient (Wildman–Crippen LogP) is 0.685. The van der Waals surface area contributed by atoms with Crippen molar-refractivity contribution in [3.63, 3.8) is 0 Å². The number of rotatable bonds is 0. The van der Waals surface area contributed by atoms with Crippen LogP contribution in [-0.4, -0.2) is 37.7 Å². The first-order valence-corrected chi connectivity index (χ1v) is 0. The van der Waals surface area contributed by atoms with Gasteiger partial charge in [0.1, 0.15) is 0 Å². The molecule has 0 rings (SSSR count). The smallest absolute Gasteiger partial charge is 1.00 e. The first-order valence-electron chi connectivity index (χ1n) is 0. The first kappa shape index (κ1) is 31.8. The van der Waals surface area contributed by atoms with E-state index >= 15 is 0 Å². The third-order valence-electron chi connectivity index (χ3n) is 0. The average Bonchev–Trinajstić information content (AvgIpc) is 0. The Bertz CT molecular complexity index is 11.5. The number of hydrogen-bond donors (Lipinski definition) is 0. The Morgan fingerprint density at radius 2 is 1.00 bits per heavy atom. The van der Waals surface area contributed by atoms with Gasteiger partial charge in [-0.2, -0.15) is 0 Å². The van der Waals surface area contributed by atoms with Crippen molar-refractivity contribution in [2.75, 3.05) is 0 Å². The molecule has 22 valence electrons. The van der Waals surface area contributed by atoms with E-state index in [1.54, 1.807) is 0 Å². The summed E-state index contributed by atoms with van der Waals surface area (Å²) in [7, 11) is 0. The predicted molar refractivity (Wildman–Crippen MR) is 22.5 cm³/mol. The standard InChI is InChI=1S/Ca.2ClH.Zn.2H/h;2*1H;;;/q+2;;;;2*-1. The summed E-state index contributed by atoms with van der Waals surface area (Å²) in [5.74, 6) is 0. The summed E-state index contributed by atoms with van der Waals surface area (Å²) in [6, 6.07) is 0. The van der Waals surface area contributed by atoms with Crippen molar-refractivity contribution in [2.24, 2.45) is 0 Å². The molecule has 4 heteroatoms. The molecule has 0 bridgehead atoms. The molecule has 0 unspecified atom stereocenters. The fraction of sp³-hybridized carbons (Fsp3) is 0. The minimum Gasteiger partial charge on any atom is -1.00 e. The van der Waals surface area contributed by atoms with Gasteiger partial charge in [0.2, 0.25) is 0 Å². The molecule has 0 aromatic rings. The molecule has 0 saturated heterocycles. The normalized spacial score (nSPS) is 0. The summed E-state index contributed by atoms with van der Waals surface area (Å²) in [4.78, 5) is 0. The van der Waals surface area contributed by atoms with Gasteiger partial charge < -0.3 is 2.85 Å². The van der Waals surface area contributed by atoms with Crippen molar-refractivity contribution in [3.05, 3.63) is 0 Å². The monoisotopic (exact) mass is 178 g/mol. The van der Waals surface area contributed by atoms with Crippen molar-refractivity contribution in [1.29, 1.82) is 0 Å². The zero-order valence-electron chi connectivity index (χ0n) is 4.23. The van der Waals surface area contributed by atoms with Crippen molar-refractivity contribution < 1.29 is 22.3 Å². The van der Waals surface area contributed by atoms with Gasteiger partial charge in [-0.05, 0) is 0 Å². The largest absolute Gasteiger partial charge is 2.00 e. The van der Waals surface area contributed by atoms with Gasteiger partial charge in [-0.3, -0.25) is 0 Å². The summed E-state index contributed by atoms with van der Waals surface area (Å²) in [5, 5.41) is 0. The van der Waals surface area contributed by atoms with Crippen LogP contribution in [0.5, 0.6) is 0 Å².